The van der Waals surface area contributed by atoms with E-state index in [1.54, 1.807) is 0 Å². The van der Waals surface area contributed by atoms with Crippen molar-refractivity contribution in [3.05, 3.63) is 34.3 Å². The highest BCUT2D eigenvalue weighted by molar-refractivity contribution is 9.10. The summed E-state index contributed by atoms with van der Waals surface area (Å²) in [6.07, 6.45) is -0.511. The van der Waals surface area contributed by atoms with Crippen molar-refractivity contribution in [1.82, 2.24) is 5.32 Å². The summed E-state index contributed by atoms with van der Waals surface area (Å²) in [5.74, 6) is 0. The molecule has 0 spiro atoms. The summed E-state index contributed by atoms with van der Waals surface area (Å²) in [5.41, 5.74) is 0.910. The van der Waals surface area contributed by atoms with Gasteiger partial charge in [0.25, 0.3) is 0 Å². The monoisotopic (exact) mass is 271 g/mol. The number of aliphatic hydroxyl groups is 1. The number of hydrogen-bond donors (Lipinski definition) is 2. The Balaban J connectivity index is 2.08. The Kier molecular flexibility index (Phi) is 3.75. The van der Waals surface area contributed by atoms with Crippen molar-refractivity contribution in [2.24, 2.45) is 0 Å². The number of halogens is 1. The van der Waals surface area contributed by atoms with Gasteiger partial charge >= 0.3 is 0 Å². The Morgan fingerprint density at radius 3 is 3.07 bits per heavy atom. The van der Waals surface area contributed by atoms with Gasteiger partial charge in [0.2, 0.25) is 0 Å². The molecule has 1 aliphatic rings. The minimum atomic E-state index is -0.511. The second kappa shape index (κ2) is 5.07. The number of benzene rings is 1. The van der Waals surface area contributed by atoms with Crippen LogP contribution in [0.25, 0.3) is 0 Å². The molecule has 2 N–H and O–H groups in total. The predicted molar refractivity (Wildman–Crippen MR) is 61.7 cm³/mol. The summed E-state index contributed by atoms with van der Waals surface area (Å²) in [5, 5.41) is 13.4. The van der Waals surface area contributed by atoms with Gasteiger partial charge in [-0.2, -0.15) is 0 Å². The molecule has 0 aromatic heterocycles. The van der Waals surface area contributed by atoms with E-state index in [0.717, 1.165) is 23.2 Å². The standard InChI is InChI=1S/C11H14BrNO2/c12-9-3-1-2-8(6-9)11(14)10-7-15-5-4-13-10/h1-3,6,10-11,13-14H,4-5,7H2. The van der Waals surface area contributed by atoms with Crippen LogP contribution in [0, 0.1) is 0 Å². The van der Waals surface area contributed by atoms with E-state index in [-0.39, 0.29) is 6.04 Å². The first-order chi connectivity index (χ1) is 7.27. The summed E-state index contributed by atoms with van der Waals surface area (Å²) in [7, 11) is 0. The van der Waals surface area contributed by atoms with Crippen LogP contribution >= 0.6 is 15.9 Å². The van der Waals surface area contributed by atoms with Crippen molar-refractivity contribution in [3.8, 4) is 0 Å². The first-order valence-electron chi connectivity index (χ1n) is 5.02. The maximum atomic E-state index is 10.1. The third-order valence-electron chi connectivity index (χ3n) is 2.52. The molecule has 0 bridgehead atoms. The van der Waals surface area contributed by atoms with Crippen LogP contribution in [0.15, 0.2) is 28.7 Å². The molecule has 82 valence electrons. The molecule has 2 rings (SSSR count). The second-order valence-corrected chi connectivity index (χ2v) is 4.55. The molecular weight excluding hydrogens is 258 g/mol. The summed E-state index contributed by atoms with van der Waals surface area (Å²) < 4.78 is 6.30. The molecule has 0 saturated carbocycles. The molecule has 0 aliphatic carbocycles. The highest BCUT2D eigenvalue weighted by atomic mass is 79.9. The van der Waals surface area contributed by atoms with Gasteiger partial charge in [-0.15, -0.1) is 0 Å². The molecule has 4 heteroatoms. The van der Waals surface area contributed by atoms with Crippen LogP contribution in [-0.4, -0.2) is 30.9 Å². The molecule has 0 amide bonds. The van der Waals surface area contributed by atoms with Crippen molar-refractivity contribution in [2.75, 3.05) is 19.8 Å². The van der Waals surface area contributed by atoms with E-state index in [1.165, 1.54) is 0 Å². The summed E-state index contributed by atoms with van der Waals surface area (Å²) >= 11 is 3.39. The molecule has 1 aromatic carbocycles. The molecule has 15 heavy (non-hydrogen) atoms. The van der Waals surface area contributed by atoms with E-state index in [0.29, 0.717) is 6.61 Å². The fourth-order valence-corrected chi connectivity index (χ4v) is 2.13. The van der Waals surface area contributed by atoms with Crippen LogP contribution in [-0.2, 0) is 4.74 Å². The number of hydrogen-bond acceptors (Lipinski definition) is 3. The van der Waals surface area contributed by atoms with Crippen molar-refractivity contribution < 1.29 is 9.84 Å². The SMILES string of the molecule is OC(c1cccc(Br)c1)C1COCCN1. The highest BCUT2D eigenvalue weighted by Gasteiger charge is 2.23. The van der Waals surface area contributed by atoms with Crippen molar-refractivity contribution in [1.29, 1.82) is 0 Å². The molecule has 3 nitrogen and oxygen atoms in total. The number of nitrogens with one attached hydrogen (secondary N) is 1. The fraction of sp³-hybridized carbons (Fsp3) is 0.455. The third kappa shape index (κ3) is 2.78. The first kappa shape index (κ1) is 11.1. The van der Waals surface area contributed by atoms with E-state index in [2.05, 4.69) is 21.2 Å². The predicted octanol–water partition coefficient (Wildman–Crippen LogP) is 1.47. The Hall–Kier alpha value is -0.420. The third-order valence-corrected chi connectivity index (χ3v) is 3.01. The molecule has 2 unspecified atom stereocenters. The van der Waals surface area contributed by atoms with Gasteiger partial charge in [-0.25, -0.2) is 0 Å². The van der Waals surface area contributed by atoms with Crippen molar-refractivity contribution in [2.45, 2.75) is 12.1 Å². The van der Waals surface area contributed by atoms with Gasteiger partial charge in [0.1, 0.15) is 0 Å². The Bertz CT molecular complexity index is 326. The van der Waals surface area contributed by atoms with Crippen LogP contribution < -0.4 is 5.32 Å². The fourth-order valence-electron chi connectivity index (χ4n) is 1.71. The summed E-state index contributed by atoms with van der Waals surface area (Å²) in [4.78, 5) is 0. The van der Waals surface area contributed by atoms with E-state index >= 15 is 0 Å². The molecule has 1 aromatic rings. The quantitative estimate of drug-likeness (QED) is 0.856. The minimum absolute atomic E-state index is 0.00644. The lowest BCUT2D eigenvalue weighted by atomic mass is 10.0. The maximum Gasteiger partial charge on any atom is 0.0965 e. The van der Waals surface area contributed by atoms with Gasteiger partial charge in [-0.05, 0) is 17.7 Å². The van der Waals surface area contributed by atoms with Crippen molar-refractivity contribution in [3.63, 3.8) is 0 Å². The van der Waals surface area contributed by atoms with Gasteiger partial charge in [-0.1, -0.05) is 28.1 Å². The zero-order valence-electron chi connectivity index (χ0n) is 8.32. The van der Waals surface area contributed by atoms with Gasteiger partial charge in [0, 0.05) is 11.0 Å². The van der Waals surface area contributed by atoms with E-state index in [1.807, 2.05) is 24.3 Å². The second-order valence-electron chi connectivity index (χ2n) is 3.64. The Morgan fingerprint density at radius 1 is 1.53 bits per heavy atom. The van der Waals surface area contributed by atoms with Gasteiger partial charge in [0.05, 0.1) is 25.4 Å². The molecule has 1 aliphatic heterocycles. The maximum absolute atomic E-state index is 10.1. The normalized spacial score (nSPS) is 23.7. The zero-order valence-corrected chi connectivity index (χ0v) is 9.90. The smallest absolute Gasteiger partial charge is 0.0965 e. The van der Waals surface area contributed by atoms with Crippen LogP contribution in [0.4, 0.5) is 0 Å². The summed E-state index contributed by atoms with van der Waals surface area (Å²) in [6.45, 7) is 2.09. The molecule has 1 saturated heterocycles. The molecule has 1 heterocycles. The molecular formula is C11H14BrNO2. The largest absolute Gasteiger partial charge is 0.387 e. The number of ether oxygens (including phenoxy) is 1. The van der Waals surface area contributed by atoms with Gasteiger partial charge < -0.3 is 15.2 Å². The van der Waals surface area contributed by atoms with Crippen LogP contribution in [0.1, 0.15) is 11.7 Å². The zero-order chi connectivity index (χ0) is 10.7. The number of aliphatic hydroxyl groups excluding tert-OH is 1. The Morgan fingerprint density at radius 2 is 2.40 bits per heavy atom. The average molecular weight is 272 g/mol. The van der Waals surface area contributed by atoms with Crippen molar-refractivity contribution >= 4 is 15.9 Å². The summed E-state index contributed by atoms with van der Waals surface area (Å²) in [6, 6.07) is 7.72. The van der Waals surface area contributed by atoms with E-state index in [9.17, 15) is 5.11 Å². The molecule has 1 fully saturated rings. The molecule has 0 radical (unpaired) electrons. The Labute approximate surface area is 97.6 Å². The lowest BCUT2D eigenvalue weighted by molar-refractivity contribution is 0.0177. The van der Waals surface area contributed by atoms with Crippen LogP contribution in [0.2, 0.25) is 0 Å². The van der Waals surface area contributed by atoms with Gasteiger partial charge in [0.15, 0.2) is 0 Å². The molecule has 2 atom stereocenters. The lowest BCUT2D eigenvalue weighted by Crippen LogP contribution is -2.45. The van der Waals surface area contributed by atoms with E-state index < -0.39 is 6.10 Å². The topological polar surface area (TPSA) is 41.5 Å². The van der Waals surface area contributed by atoms with Crippen LogP contribution in [0.3, 0.4) is 0 Å². The average Bonchev–Trinajstić information content (AvgIpc) is 2.29. The van der Waals surface area contributed by atoms with Crippen LogP contribution in [0.5, 0.6) is 0 Å². The number of rotatable bonds is 2. The highest BCUT2D eigenvalue weighted by Crippen LogP contribution is 2.21. The van der Waals surface area contributed by atoms with Gasteiger partial charge in [-0.3, -0.25) is 0 Å². The first-order valence-corrected chi connectivity index (χ1v) is 5.81. The lowest BCUT2D eigenvalue weighted by Gasteiger charge is -2.28. The minimum Gasteiger partial charge on any atom is -0.387 e. The number of morpholine rings is 1. The van der Waals surface area contributed by atoms with E-state index in [4.69, 9.17) is 4.74 Å².